The molecule has 104 valence electrons. The van der Waals surface area contributed by atoms with Crippen LogP contribution in [0.3, 0.4) is 0 Å². The molecule has 0 aliphatic heterocycles. The summed E-state index contributed by atoms with van der Waals surface area (Å²) in [7, 11) is 0. The summed E-state index contributed by atoms with van der Waals surface area (Å²) < 4.78 is 5.57. The molecule has 20 heavy (non-hydrogen) atoms. The van der Waals surface area contributed by atoms with Gasteiger partial charge in [0.15, 0.2) is 6.10 Å². The Morgan fingerprint density at radius 2 is 1.95 bits per heavy atom. The largest absolute Gasteiger partial charge is 0.481 e. The third-order valence-corrected chi connectivity index (χ3v) is 3.12. The summed E-state index contributed by atoms with van der Waals surface area (Å²) in [5.41, 5.74) is 1.80. The van der Waals surface area contributed by atoms with Gasteiger partial charge in [0.2, 0.25) is 0 Å². The Kier molecular flexibility index (Phi) is 4.64. The third kappa shape index (κ3) is 3.75. The number of hydrogen-bond donors (Lipinski definition) is 1. The van der Waals surface area contributed by atoms with Gasteiger partial charge in [-0.2, -0.15) is 0 Å². The molecular formula is C16H16ClNO2. The van der Waals surface area contributed by atoms with Crippen LogP contribution in [0.5, 0.6) is 5.75 Å². The average molecular weight is 290 g/mol. The van der Waals surface area contributed by atoms with Crippen molar-refractivity contribution < 1.29 is 9.53 Å². The van der Waals surface area contributed by atoms with Crippen molar-refractivity contribution in [2.75, 3.05) is 5.32 Å². The minimum absolute atomic E-state index is 0.195. The first-order chi connectivity index (χ1) is 9.56. The summed E-state index contributed by atoms with van der Waals surface area (Å²) in [4.78, 5) is 12.1. The Balaban J connectivity index is 2.01. The quantitative estimate of drug-likeness (QED) is 0.922. The van der Waals surface area contributed by atoms with E-state index in [4.69, 9.17) is 16.3 Å². The predicted octanol–water partition coefficient (Wildman–Crippen LogP) is 4.05. The summed E-state index contributed by atoms with van der Waals surface area (Å²) >= 11 is 5.88. The molecule has 1 N–H and O–H groups in total. The summed E-state index contributed by atoms with van der Waals surface area (Å²) in [6.45, 7) is 3.65. The van der Waals surface area contributed by atoms with Gasteiger partial charge >= 0.3 is 0 Å². The molecule has 0 aliphatic rings. The molecule has 3 nitrogen and oxygen atoms in total. The van der Waals surface area contributed by atoms with Crippen molar-refractivity contribution in [3.05, 3.63) is 59.1 Å². The molecule has 0 radical (unpaired) electrons. The number of carbonyl (C=O) groups excluding carboxylic acids is 1. The van der Waals surface area contributed by atoms with E-state index in [0.29, 0.717) is 10.8 Å². The van der Waals surface area contributed by atoms with E-state index < -0.39 is 6.10 Å². The molecule has 0 aromatic heterocycles. The number of anilines is 1. The number of aryl methyl sites for hydroxylation is 1. The van der Waals surface area contributed by atoms with Crippen LogP contribution in [-0.4, -0.2) is 12.0 Å². The first-order valence-corrected chi connectivity index (χ1v) is 6.73. The number of rotatable bonds is 4. The van der Waals surface area contributed by atoms with E-state index in [2.05, 4.69) is 5.32 Å². The molecule has 0 saturated heterocycles. The van der Waals surface area contributed by atoms with Gasteiger partial charge < -0.3 is 10.1 Å². The van der Waals surface area contributed by atoms with Gasteiger partial charge in [-0.05, 0) is 43.7 Å². The van der Waals surface area contributed by atoms with Crippen LogP contribution in [0.1, 0.15) is 12.5 Å². The van der Waals surface area contributed by atoms with E-state index in [1.54, 1.807) is 31.2 Å². The van der Waals surface area contributed by atoms with E-state index in [1.807, 2.05) is 31.2 Å². The van der Waals surface area contributed by atoms with Gasteiger partial charge in [-0.3, -0.25) is 4.79 Å². The second kappa shape index (κ2) is 6.44. The average Bonchev–Trinajstić information content (AvgIpc) is 2.41. The maximum Gasteiger partial charge on any atom is 0.265 e. The smallest absolute Gasteiger partial charge is 0.265 e. The van der Waals surface area contributed by atoms with Crippen molar-refractivity contribution in [2.24, 2.45) is 0 Å². The van der Waals surface area contributed by atoms with Gasteiger partial charge in [-0.25, -0.2) is 0 Å². The van der Waals surface area contributed by atoms with E-state index in [-0.39, 0.29) is 5.91 Å². The van der Waals surface area contributed by atoms with Crippen LogP contribution in [0.2, 0.25) is 5.02 Å². The molecule has 0 spiro atoms. The van der Waals surface area contributed by atoms with E-state index in [1.165, 1.54) is 0 Å². The van der Waals surface area contributed by atoms with Gasteiger partial charge in [0.25, 0.3) is 5.91 Å². The highest BCUT2D eigenvalue weighted by molar-refractivity contribution is 6.30. The number of nitrogens with one attached hydrogen (secondary N) is 1. The molecular weight excluding hydrogens is 274 g/mol. The highest BCUT2D eigenvalue weighted by Gasteiger charge is 2.15. The third-order valence-electron chi connectivity index (χ3n) is 2.88. The van der Waals surface area contributed by atoms with Crippen molar-refractivity contribution in [1.29, 1.82) is 0 Å². The topological polar surface area (TPSA) is 38.3 Å². The fourth-order valence-electron chi connectivity index (χ4n) is 1.75. The number of benzene rings is 2. The van der Waals surface area contributed by atoms with Gasteiger partial charge in [0.05, 0.1) is 0 Å². The Morgan fingerprint density at radius 1 is 1.20 bits per heavy atom. The number of ether oxygens (including phenoxy) is 1. The monoisotopic (exact) mass is 289 g/mol. The number of amides is 1. The lowest BCUT2D eigenvalue weighted by Crippen LogP contribution is -2.30. The van der Waals surface area contributed by atoms with E-state index >= 15 is 0 Å². The van der Waals surface area contributed by atoms with Crippen LogP contribution in [-0.2, 0) is 4.79 Å². The lowest BCUT2D eigenvalue weighted by molar-refractivity contribution is -0.122. The van der Waals surface area contributed by atoms with Crippen molar-refractivity contribution >= 4 is 23.2 Å². The molecule has 2 aromatic rings. The number of halogens is 1. The normalized spacial score (nSPS) is 11.8. The Morgan fingerprint density at radius 3 is 2.65 bits per heavy atom. The lowest BCUT2D eigenvalue weighted by Gasteiger charge is -2.15. The maximum absolute atomic E-state index is 12.1. The molecule has 0 unspecified atom stereocenters. The predicted molar refractivity (Wildman–Crippen MR) is 81.4 cm³/mol. The highest BCUT2D eigenvalue weighted by atomic mass is 35.5. The zero-order valence-corrected chi connectivity index (χ0v) is 12.1. The number of hydrogen-bond acceptors (Lipinski definition) is 2. The van der Waals surface area contributed by atoms with Crippen LogP contribution in [0.25, 0.3) is 0 Å². The standard InChI is InChI=1S/C16H16ClNO2/c1-11-6-3-4-9-15(11)18-16(19)12(2)20-14-8-5-7-13(17)10-14/h3-10,12H,1-2H3,(H,18,19)/t12-/m1/s1. The first-order valence-electron chi connectivity index (χ1n) is 6.35. The maximum atomic E-state index is 12.1. The Labute approximate surface area is 123 Å². The van der Waals surface area contributed by atoms with Gasteiger partial charge in [-0.1, -0.05) is 35.9 Å². The summed E-state index contributed by atoms with van der Waals surface area (Å²) in [6, 6.07) is 14.6. The molecule has 2 aromatic carbocycles. The molecule has 1 atom stereocenters. The summed E-state index contributed by atoms with van der Waals surface area (Å²) in [6.07, 6.45) is -0.604. The SMILES string of the molecule is Cc1ccccc1NC(=O)[C@@H](C)Oc1cccc(Cl)c1. The molecule has 0 bridgehead atoms. The number of para-hydroxylation sites is 1. The lowest BCUT2D eigenvalue weighted by atomic mass is 10.2. The van der Waals surface area contributed by atoms with Crippen LogP contribution >= 0.6 is 11.6 Å². The zero-order valence-electron chi connectivity index (χ0n) is 11.4. The molecule has 0 heterocycles. The van der Waals surface area contributed by atoms with Crippen molar-refractivity contribution in [1.82, 2.24) is 0 Å². The van der Waals surface area contributed by atoms with Gasteiger partial charge in [-0.15, -0.1) is 0 Å². The first kappa shape index (κ1) is 14.4. The zero-order chi connectivity index (χ0) is 14.5. The van der Waals surface area contributed by atoms with Gasteiger partial charge in [0, 0.05) is 10.7 Å². The Hall–Kier alpha value is -2.00. The molecule has 2 rings (SSSR count). The summed E-state index contributed by atoms with van der Waals surface area (Å²) in [5, 5.41) is 3.43. The Bertz CT molecular complexity index is 613. The minimum Gasteiger partial charge on any atom is -0.481 e. The van der Waals surface area contributed by atoms with E-state index in [0.717, 1.165) is 11.3 Å². The van der Waals surface area contributed by atoms with Crippen LogP contribution in [0, 0.1) is 6.92 Å². The second-order valence-corrected chi connectivity index (χ2v) is 4.96. The molecule has 4 heteroatoms. The molecule has 0 fully saturated rings. The van der Waals surface area contributed by atoms with Gasteiger partial charge in [0.1, 0.15) is 5.75 Å². The minimum atomic E-state index is -0.604. The fraction of sp³-hybridized carbons (Fsp3) is 0.188. The van der Waals surface area contributed by atoms with Crippen LogP contribution < -0.4 is 10.1 Å². The summed E-state index contributed by atoms with van der Waals surface area (Å²) in [5.74, 6) is 0.379. The number of carbonyl (C=O) groups is 1. The molecule has 0 saturated carbocycles. The van der Waals surface area contributed by atoms with Crippen molar-refractivity contribution in [3.8, 4) is 5.75 Å². The molecule has 0 aliphatic carbocycles. The van der Waals surface area contributed by atoms with Crippen molar-refractivity contribution in [3.63, 3.8) is 0 Å². The van der Waals surface area contributed by atoms with Crippen LogP contribution in [0.4, 0.5) is 5.69 Å². The van der Waals surface area contributed by atoms with Crippen LogP contribution in [0.15, 0.2) is 48.5 Å². The van der Waals surface area contributed by atoms with E-state index in [9.17, 15) is 4.79 Å². The molecule has 1 amide bonds. The second-order valence-electron chi connectivity index (χ2n) is 4.52. The fourth-order valence-corrected chi connectivity index (χ4v) is 1.93. The van der Waals surface area contributed by atoms with Crippen molar-refractivity contribution in [2.45, 2.75) is 20.0 Å². The highest BCUT2D eigenvalue weighted by Crippen LogP contribution is 2.19.